The van der Waals surface area contributed by atoms with Gasteiger partial charge in [0.1, 0.15) is 5.71 Å². The maximum atomic E-state index is 13.2. The van der Waals surface area contributed by atoms with Crippen LogP contribution < -0.4 is 10.0 Å². The molecule has 0 radical (unpaired) electrons. The SMILES string of the molecule is CN/C(=C\C(=N\Cc1c(C)cccc1C)C(=O)NS(=O)(=O)c1ccccc1)c1cccc(C(=O)O)c1. The van der Waals surface area contributed by atoms with Gasteiger partial charge in [0.05, 0.1) is 17.0 Å². The maximum absolute atomic E-state index is 13.2. The van der Waals surface area contributed by atoms with Crippen LogP contribution in [0.25, 0.3) is 5.70 Å². The lowest BCUT2D eigenvalue weighted by atomic mass is 10.0. The zero-order chi connectivity index (χ0) is 26.3. The van der Waals surface area contributed by atoms with Crippen molar-refractivity contribution in [3.05, 3.63) is 107 Å². The van der Waals surface area contributed by atoms with E-state index in [0.29, 0.717) is 11.3 Å². The normalized spacial score (nSPS) is 12.2. The summed E-state index contributed by atoms with van der Waals surface area (Å²) in [6.07, 6.45) is 1.41. The van der Waals surface area contributed by atoms with Crippen LogP contribution in [0.3, 0.4) is 0 Å². The molecule has 0 saturated carbocycles. The van der Waals surface area contributed by atoms with Crippen LogP contribution in [0.1, 0.15) is 32.6 Å². The lowest BCUT2D eigenvalue weighted by molar-refractivity contribution is -0.113. The lowest BCUT2D eigenvalue weighted by Gasteiger charge is -2.12. The molecular formula is C27H27N3O5S. The smallest absolute Gasteiger partial charge is 0.335 e. The van der Waals surface area contributed by atoms with E-state index in [4.69, 9.17) is 0 Å². The van der Waals surface area contributed by atoms with Gasteiger partial charge in [-0.15, -0.1) is 0 Å². The highest BCUT2D eigenvalue weighted by molar-refractivity contribution is 7.90. The van der Waals surface area contributed by atoms with E-state index >= 15 is 0 Å². The van der Waals surface area contributed by atoms with E-state index in [1.54, 1.807) is 37.4 Å². The lowest BCUT2D eigenvalue weighted by Crippen LogP contribution is -2.35. The van der Waals surface area contributed by atoms with Crippen molar-refractivity contribution in [1.29, 1.82) is 0 Å². The molecule has 3 N–H and O–H groups in total. The van der Waals surface area contributed by atoms with Crippen molar-refractivity contribution in [1.82, 2.24) is 10.0 Å². The molecule has 0 bridgehead atoms. The van der Waals surface area contributed by atoms with Crippen LogP contribution >= 0.6 is 0 Å². The van der Waals surface area contributed by atoms with Gasteiger partial charge in [-0.2, -0.15) is 0 Å². The first kappa shape index (κ1) is 26.4. The Morgan fingerprint density at radius 2 is 1.53 bits per heavy atom. The topological polar surface area (TPSA) is 125 Å². The summed E-state index contributed by atoms with van der Waals surface area (Å²) < 4.78 is 27.7. The summed E-state index contributed by atoms with van der Waals surface area (Å²) in [7, 11) is -2.52. The molecule has 0 spiro atoms. The number of aliphatic imine (C=N–C) groups is 1. The van der Waals surface area contributed by atoms with E-state index in [2.05, 4.69) is 15.0 Å². The van der Waals surface area contributed by atoms with Crippen molar-refractivity contribution >= 4 is 33.3 Å². The number of hydrogen-bond donors (Lipinski definition) is 3. The van der Waals surface area contributed by atoms with Gasteiger partial charge >= 0.3 is 5.97 Å². The van der Waals surface area contributed by atoms with Gasteiger partial charge < -0.3 is 10.4 Å². The van der Waals surface area contributed by atoms with Crippen LogP contribution in [-0.2, 0) is 21.4 Å². The predicted octanol–water partition coefficient (Wildman–Crippen LogP) is 3.71. The first-order chi connectivity index (χ1) is 17.1. The third kappa shape index (κ3) is 6.45. The minimum atomic E-state index is -4.14. The van der Waals surface area contributed by atoms with Gasteiger partial charge in [0.25, 0.3) is 15.9 Å². The Kier molecular flexibility index (Phi) is 8.39. The number of carbonyl (C=O) groups excluding carboxylic acids is 1. The minimum absolute atomic E-state index is 0.0561. The Bertz CT molecular complexity index is 1420. The van der Waals surface area contributed by atoms with Crippen molar-refractivity contribution in [2.75, 3.05) is 7.05 Å². The van der Waals surface area contributed by atoms with E-state index in [1.807, 2.05) is 32.0 Å². The number of amides is 1. The zero-order valence-corrected chi connectivity index (χ0v) is 21.0. The highest BCUT2D eigenvalue weighted by Crippen LogP contribution is 2.17. The minimum Gasteiger partial charge on any atom is -0.478 e. The Hall–Kier alpha value is -4.24. The summed E-state index contributed by atoms with van der Waals surface area (Å²) in [6.45, 7) is 4.02. The molecule has 186 valence electrons. The fraction of sp³-hybridized carbons (Fsp3) is 0.148. The molecule has 36 heavy (non-hydrogen) atoms. The molecule has 8 nitrogen and oxygen atoms in total. The summed E-state index contributed by atoms with van der Waals surface area (Å²) >= 11 is 0. The fourth-order valence-corrected chi connectivity index (χ4v) is 4.52. The van der Waals surface area contributed by atoms with Crippen molar-refractivity contribution in [3.8, 4) is 0 Å². The van der Waals surface area contributed by atoms with Gasteiger partial charge in [0.15, 0.2) is 0 Å². The fourth-order valence-electron chi connectivity index (χ4n) is 3.53. The van der Waals surface area contributed by atoms with Crippen LogP contribution in [-0.4, -0.2) is 38.2 Å². The van der Waals surface area contributed by atoms with Crippen LogP contribution in [0.4, 0.5) is 0 Å². The number of nitrogens with zero attached hydrogens (tertiary/aromatic N) is 1. The standard InChI is InChI=1S/C27H27N3O5S/c1-18-9-7-10-19(2)23(18)17-29-25(26(31)30-36(34,35)22-13-5-4-6-14-22)16-24(28-3)20-11-8-12-21(15-20)27(32)33/h4-16,28H,17H2,1-3H3,(H,30,31)(H,32,33)/b24-16-,29-25-. The van der Waals surface area contributed by atoms with Crippen molar-refractivity contribution in [2.45, 2.75) is 25.3 Å². The number of carbonyl (C=O) groups is 2. The van der Waals surface area contributed by atoms with Gasteiger partial charge in [0.2, 0.25) is 0 Å². The van der Waals surface area contributed by atoms with Crippen LogP contribution in [0.5, 0.6) is 0 Å². The second kappa shape index (κ2) is 11.5. The number of nitrogens with one attached hydrogen (secondary N) is 2. The molecule has 0 unspecified atom stereocenters. The van der Waals surface area contributed by atoms with Gasteiger partial charge in [0, 0.05) is 12.7 Å². The van der Waals surface area contributed by atoms with E-state index < -0.39 is 21.9 Å². The van der Waals surface area contributed by atoms with Crippen molar-refractivity contribution in [2.24, 2.45) is 4.99 Å². The molecule has 0 aliphatic carbocycles. The Labute approximate surface area is 210 Å². The molecule has 1 amide bonds. The first-order valence-corrected chi connectivity index (χ1v) is 12.6. The number of benzene rings is 3. The monoisotopic (exact) mass is 505 g/mol. The molecule has 3 aromatic rings. The third-order valence-corrected chi connectivity index (χ3v) is 6.88. The molecule has 3 rings (SSSR count). The zero-order valence-electron chi connectivity index (χ0n) is 20.1. The number of aryl methyl sites for hydroxylation is 2. The van der Waals surface area contributed by atoms with Gasteiger partial charge in [-0.25, -0.2) is 17.9 Å². The Morgan fingerprint density at radius 1 is 0.917 bits per heavy atom. The predicted molar refractivity (Wildman–Crippen MR) is 139 cm³/mol. The van der Waals surface area contributed by atoms with E-state index in [9.17, 15) is 23.1 Å². The third-order valence-electron chi connectivity index (χ3n) is 5.54. The van der Waals surface area contributed by atoms with Gasteiger partial charge in [-0.1, -0.05) is 48.5 Å². The molecule has 0 fully saturated rings. The average molecular weight is 506 g/mol. The molecular weight excluding hydrogens is 478 g/mol. The number of rotatable bonds is 9. The molecule has 0 aliphatic rings. The highest BCUT2D eigenvalue weighted by atomic mass is 32.2. The van der Waals surface area contributed by atoms with Gasteiger partial charge in [-0.3, -0.25) is 9.79 Å². The second-order valence-corrected chi connectivity index (χ2v) is 9.70. The number of aromatic carboxylic acids is 1. The molecule has 0 aromatic heterocycles. The largest absolute Gasteiger partial charge is 0.478 e. The van der Waals surface area contributed by atoms with E-state index in [0.717, 1.165) is 16.7 Å². The molecule has 0 saturated heterocycles. The molecule has 0 aliphatic heterocycles. The Balaban J connectivity index is 2.05. The first-order valence-electron chi connectivity index (χ1n) is 11.1. The van der Waals surface area contributed by atoms with Crippen molar-refractivity contribution in [3.63, 3.8) is 0 Å². The summed E-state index contributed by atoms with van der Waals surface area (Å²) in [5.41, 5.74) is 3.72. The van der Waals surface area contributed by atoms with Crippen LogP contribution in [0.15, 0.2) is 88.8 Å². The number of carboxylic acid groups (broad SMARTS) is 1. The molecule has 0 atom stereocenters. The molecule has 0 heterocycles. The number of carboxylic acids is 1. The summed E-state index contributed by atoms with van der Waals surface area (Å²) in [6, 6.07) is 19.5. The quantitative estimate of drug-likeness (QED) is 0.381. The van der Waals surface area contributed by atoms with Gasteiger partial charge in [-0.05, 0) is 66.4 Å². The maximum Gasteiger partial charge on any atom is 0.335 e. The van der Waals surface area contributed by atoms with Crippen molar-refractivity contribution < 1.29 is 23.1 Å². The average Bonchev–Trinajstić information content (AvgIpc) is 2.85. The Morgan fingerprint density at radius 3 is 2.14 bits per heavy atom. The summed E-state index contributed by atoms with van der Waals surface area (Å²) in [4.78, 5) is 29.0. The summed E-state index contributed by atoms with van der Waals surface area (Å²) in [5, 5.41) is 12.3. The second-order valence-electron chi connectivity index (χ2n) is 8.01. The number of sulfonamides is 1. The van der Waals surface area contributed by atoms with E-state index in [1.165, 1.54) is 30.3 Å². The molecule has 9 heteroatoms. The van der Waals surface area contributed by atoms with E-state index in [-0.39, 0.29) is 22.7 Å². The van der Waals surface area contributed by atoms with Crippen LogP contribution in [0.2, 0.25) is 0 Å². The highest BCUT2D eigenvalue weighted by Gasteiger charge is 2.21. The van der Waals surface area contributed by atoms with Crippen LogP contribution in [0, 0.1) is 13.8 Å². The molecule has 3 aromatic carbocycles. The number of hydrogen-bond acceptors (Lipinski definition) is 6. The summed E-state index contributed by atoms with van der Waals surface area (Å²) in [5.74, 6) is -2.00.